The molecular weight excluding hydrogens is 321 g/mol. The van der Waals surface area contributed by atoms with E-state index in [-0.39, 0.29) is 5.82 Å². The van der Waals surface area contributed by atoms with Crippen LogP contribution in [-0.2, 0) is 6.54 Å². The predicted octanol–water partition coefficient (Wildman–Crippen LogP) is 4.60. The molecule has 0 saturated heterocycles. The molecule has 3 aromatic rings. The van der Waals surface area contributed by atoms with Gasteiger partial charge < -0.3 is 4.90 Å². The average molecular weight is 337 g/mol. The van der Waals surface area contributed by atoms with Gasteiger partial charge in [0.1, 0.15) is 22.5 Å². The molecule has 2 aromatic carbocycles. The molecule has 0 fully saturated rings. The highest BCUT2D eigenvalue weighted by molar-refractivity contribution is 7.98. The van der Waals surface area contributed by atoms with E-state index in [1.165, 1.54) is 17.8 Å². The van der Waals surface area contributed by atoms with Gasteiger partial charge in [-0.3, -0.25) is 0 Å². The smallest absolute Gasteiger partial charge is 0.128 e. The van der Waals surface area contributed by atoms with E-state index in [1.807, 2.05) is 48.5 Å². The Hall–Kier alpha value is -2.58. The van der Waals surface area contributed by atoms with Crippen molar-refractivity contribution < 1.29 is 4.39 Å². The molecule has 0 unspecified atom stereocenters. The summed E-state index contributed by atoms with van der Waals surface area (Å²) < 4.78 is 14.0. The van der Waals surface area contributed by atoms with Gasteiger partial charge in [0.2, 0.25) is 0 Å². The molecule has 0 aliphatic rings. The molecule has 0 aliphatic heterocycles. The first-order valence-electron chi connectivity index (χ1n) is 7.47. The van der Waals surface area contributed by atoms with Crippen LogP contribution in [0.2, 0.25) is 0 Å². The zero-order valence-electron chi connectivity index (χ0n) is 13.5. The maximum atomic E-state index is 14.0. The summed E-state index contributed by atoms with van der Waals surface area (Å²) in [5.74, 6) is -0.244. The van der Waals surface area contributed by atoms with Crippen LogP contribution in [0.15, 0.2) is 53.6 Å². The van der Waals surface area contributed by atoms with Gasteiger partial charge in [0.05, 0.1) is 11.2 Å². The molecule has 24 heavy (non-hydrogen) atoms. The van der Waals surface area contributed by atoms with Crippen LogP contribution in [0.25, 0.3) is 10.9 Å². The van der Waals surface area contributed by atoms with Crippen LogP contribution in [-0.4, -0.2) is 18.3 Å². The van der Waals surface area contributed by atoms with Crippen molar-refractivity contribution in [3.63, 3.8) is 0 Å². The summed E-state index contributed by atoms with van der Waals surface area (Å²) in [7, 11) is 1.87. The number of nitrogens with zero attached hydrogens (tertiary/aromatic N) is 3. The first-order valence-corrected chi connectivity index (χ1v) is 8.69. The lowest BCUT2D eigenvalue weighted by atomic mass is 10.1. The van der Waals surface area contributed by atoms with E-state index >= 15 is 0 Å². The number of benzene rings is 2. The predicted molar refractivity (Wildman–Crippen MR) is 96.7 cm³/mol. The van der Waals surface area contributed by atoms with Crippen molar-refractivity contribution in [3.05, 3.63) is 65.5 Å². The molecule has 0 radical (unpaired) electrons. The Balaban J connectivity index is 2.16. The second-order valence-electron chi connectivity index (χ2n) is 5.42. The quantitative estimate of drug-likeness (QED) is 0.652. The summed E-state index contributed by atoms with van der Waals surface area (Å²) >= 11 is 1.44. The summed E-state index contributed by atoms with van der Waals surface area (Å²) in [6, 6.07) is 16.7. The molecule has 0 bridgehead atoms. The highest BCUT2D eigenvalue weighted by atomic mass is 32.2. The van der Waals surface area contributed by atoms with E-state index in [0.29, 0.717) is 22.7 Å². The van der Waals surface area contributed by atoms with E-state index in [1.54, 1.807) is 12.1 Å². The molecule has 0 atom stereocenters. The first-order chi connectivity index (χ1) is 11.7. The summed E-state index contributed by atoms with van der Waals surface area (Å²) in [6.45, 7) is 0.378. The Bertz CT molecular complexity index is 934. The van der Waals surface area contributed by atoms with Crippen molar-refractivity contribution >= 4 is 28.4 Å². The number of halogens is 1. The molecule has 0 amide bonds. The fraction of sp³-hybridized carbons (Fsp3) is 0.158. The van der Waals surface area contributed by atoms with Crippen molar-refractivity contribution in [2.24, 2.45) is 0 Å². The van der Waals surface area contributed by atoms with Crippen LogP contribution in [0, 0.1) is 17.1 Å². The minimum atomic E-state index is -0.244. The number of fused-ring (bicyclic) bond motifs is 1. The highest BCUT2D eigenvalue weighted by Crippen LogP contribution is 2.35. The van der Waals surface area contributed by atoms with Crippen molar-refractivity contribution in [2.45, 2.75) is 11.6 Å². The number of pyridine rings is 1. The Kier molecular flexibility index (Phi) is 4.68. The minimum absolute atomic E-state index is 0.244. The SMILES string of the molecule is CSc1nc2ccccc2c(N(C)Cc2ccccc2F)c1C#N. The van der Waals surface area contributed by atoms with Gasteiger partial charge in [-0.1, -0.05) is 36.4 Å². The van der Waals surface area contributed by atoms with Gasteiger partial charge in [0.15, 0.2) is 0 Å². The molecule has 3 rings (SSSR count). The summed E-state index contributed by atoms with van der Waals surface area (Å²) in [6.07, 6.45) is 1.90. The van der Waals surface area contributed by atoms with Crippen molar-refractivity contribution in [1.82, 2.24) is 4.98 Å². The molecule has 0 aliphatic carbocycles. The molecule has 0 saturated carbocycles. The molecule has 0 N–H and O–H groups in total. The van der Waals surface area contributed by atoms with Gasteiger partial charge in [-0.2, -0.15) is 5.26 Å². The summed E-state index contributed by atoms with van der Waals surface area (Å²) in [4.78, 5) is 6.49. The summed E-state index contributed by atoms with van der Waals surface area (Å²) in [5.41, 5.74) is 2.74. The van der Waals surface area contributed by atoms with Gasteiger partial charge in [-0.15, -0.1) is 11.8 Å². The number of rotatable bonds is 4. The van der Waals surface area contributed by atoms with E-state index in [9.17, 15) is 9.65 Å². The molecule has 0 spiro atoms. The fourth-order valence-electron chi connectivity index (χ4n) is 2.78. The largest absolute Gasteiger partial charge is 0.368 e. The third kappa shape index (κ3) is 2.93. The van der Waals surface area contributed by atoms with Crippen LogP contribution in [0.5, 0.6) is 0 Å². The van der Waals surface area contributed by atoms with Crippen molar-refractivity contribution in [3.8, 4) is 6.07 Å². The van der Waals surface area contributed by atoms with E-state index in [2.05, 4.69) is 11.1 Å². The Morgan fingerprint density at radius 1 is 1.17 bits per heavy atom. The third-order valence-electron chi connectivity index (χ3n) is 3.88. The van der Waals surface area contributed by atoms with Crippen LogP contribution >= 0.6 is 11.8 Å². The van der Waals surface area contributed by atoms with Gasteiger partial charge in [0.25, 0.3) is 0 Å². The van der Waals surface area contributed by atoms with Gasteiger partial charge in [-0.05, 0) is 18.4 Å². The molecule has 3 nitrogen and oxygen atoms in total. The van der Waals surface area contributed by atoms with Crippen LogP contribution in [0.1, 0.15) is 11.1 Å². The third-order valence-corrected chi connectivity index (χ3v) is 4.57. The molecule has 1 aromatic heterocycles. The van der Waals surface area contributed by atoms with Crippen LogP contribution in [0.4, 0.5) is 10.1 Å². The minimum Gasteiger partial charge on any atom is -0.368 e. The number of aromatic nitrogens is 1. The normalized spacial score (nSPS) is 10.6. The van der Waals surface area contributed by atoms with Gasteiger partial charge >= 0.3 is 0 Å². The highest BCUT2D eigenvalue weighted by Gasteiger charge is 2.18. The van der Waals surface area contributed by atoms with Crippen molar-refractivity contribution in [1.29, 1.82) is 5.26 Å². The van der Waals surface area contributed by atoms with Crippen LogP contribution < -0.4 is 4.90 Å². The number of anilines is 1. The molecule has 1 heterocycles. The monoisotopic (exact) mass is 337 g/mol. The Morgan fingerprint density at radius 3 is 2.58 bits per heavy atom. The molecular formula is C19H16FN3S. The van der Waals surface area contributed by atoms with E-state index < -0.39 is 0 Å². The van der Waals surface area contributed by atoms with Crippen molar-refractivity contribution in [2.75, 3.05) is 18.2 Å². The maximum Gasteiger partial charge on any atom is 0.128 e. The number of thioether (sulfide) groups is 1. The topological polar surface area (TPSA) is 39.9 Å². The molecule has 5 heteroatoms. The van der Waals surface area contributed by atoms with Gasteiger partial charge in [0, 0.05) is 24.5 Å². The first kappa shape index (κ1) is 16.3. The van der Waals surface area contributed by atoms with E-state index in [4.69, 9.17) is 0 Å². The number of para-hydroxylation sites is 1. The lowest BCUT2D eigenvalue weighted by Crippen LogP contribution is -2.19. The van der Waals surface area contributed by atoms with Gasteiger partial charge in [-0.25, -0.2) is 9.37 Å². The van der Waals surface area contributed by atoms with E-state index in [0.717, 1.165) is 16.6 Å². The lowest BCUT2D eigenvalue weighted by molar-refractivity contribution is 0.608. The average Bonchev–Trinajstić information content (AvgIpc) is 2.61. The Labute approximate surface area is 144 Å². The second-order valence-corrected chi connectivity index (χ2v) is 6.22. The van der Waals surface area contributed by atoms with Crippen LogP contribution in [0.3, 0.4) is 0 Å². The zero-order valence-corrected chi connectivity index (χ0v) is 14.3. The zero-order chi connectivity index (χ0) is 17.1. The number of nitriles is 1. The number of hydrogen-bond donors (Lipinski definition) is 0. The standard InChI is InChI=1S/C19H16FN3S/c1-23(12-13-7-3-5-9-16(13)20)18-14-8-4-6-10-17(14)22-19(24-2)15(18)11-21/h3-10H,12H2,1-2H3. The Morgan fingerprint density at radius 2 is 1.88 bits per heavy atom. The molecule has 120 valence electrons. The number of hydrogen-bond acceptors (Lipinski definition) is 4. The second kappa shape index (κ2) is 6.90. The summed E-state index contributed by atoms with van der Waals surface area (Å²) in [5, 5.41) is 11.2. The lowest BCUT2D eigenvalue weighted by Gasteiger charge is -2.23. The maximum absolute atomic E-state index is 14.0. The fourth-order valence-corrected chi connectivity index (χ4v) is 3.31.